The van der Waals surface area contributed by atoms with Crippen LogP contribution in [0.4, 0.5) is 4.79 Å². The minimum absolute atomic E-state index is 0.0368. The summed E-state index contributed by atoms with van der Waals surface area (Å²) in [6.45, 7) is 5.11. The van der Waals surface area contributed by atoms with Crippen LogP contribution in [-0.2, 0) is 17.8 Å². The van der Waals surface area contributed by atoms with Crippen molar-refractivity contribution in [3.8, 4) is 11.5 Å². The van der Waals surface area contributed by atoms with Crippen LogP contribution in [0.1, 0.15) is 37.8 Å². The SMILES string of the molecule is CCOc1cc2c(cc1CNC(=O)NCCCC(=O)O)OC(C)C2. The summed E-state index contributed by atoms with van der Waals surface area (Å²) in [6, 6.07) is 3.55. The number of benzene rings is 1. The highest BCUT2D eigenvalue weighted by Crippen LogP contribution is 2.35. The van der Waals surface area contributed by atoms with Crippen LogP contribution >= 0.6 is 0 Å². The second-order valence-electron chi connectivity index (χ2n) is 5.74. The third-order valence-electron chi connectivity index (χ3n) is 3.67. The molecule has 1 unspecified atom stereocenters. The van der Waals surface area contributed by atoms with Crippen molar-refractivity contribution in [2.75, 3.05) is 13.2 Å². The van der Waals surface area contributed by atoms with Crippen molar-refractivity contribution in [3.05, 3.63) is 23.3 Å². The molecule has 0 spiro atoms. The molecule has 132 valence electrons. The second kappa shape index (κ2) is 8.42. The normalized spacial score (nSPS) is 15.3. The largest absolute Gasteiger partial charge is 0.494 e. The average Bonchev–Trinajstić information content (AvgIpc) is 2.88. The maximum absolute atomic E-state index is 11.8. The zero-order valence-corrected chi connectivity index (χ0v) is 14.1. The molecule has 1 heterocycles. The van der Waals surface area contributed by atoms with E-state index in [2.05, 4.69) is 10.6 Å². The van der Waals surface area contributed by atoms with Crippen molar-refractivity contribution in [3.63, 3.8) is 0 Å². The van der Waals surface area contributed by atoms with E-state index in [1.165, 1.54) is 0 Å². The highest BCUT2D eigenvalue weighted by Gasteiger charge is 2.22. The molecule has 1 aromatic carbocycles. The van der Waals surface area contributed by atoms with E-state index >= 15 is 0 Å². The number of rotatable bonds is 8. The minimum atomic E-state index is -0.870. The summed E-state index contributed by atoms with van der Waals surface area (Å²) in [5.74, 6) is 0.718. The molecule has 7 heteroatoms. The summed E-state index contributed by atoms with van der Waals surface area (Å²) < 4.78 is 11.4. The van der Waals surface area contributed by atoms with Gasteiger partial charge in [0, 0.05) is 37.1 Å². The number of urea groups is 1. The first-order chi connectivity index (χ1) is 11.5. The number of carboxylic acids is 1. The van der Waals surface area contributed by atoms with Gasteiger partial charge in [0.2, 0.25) is 0 Å². The zero-order chi connectivity index (χ0) is 17.5. The first-order valence-electron chi connectivity index (χ1n) is 8.18. The van der Waals surface area contributed by atoms with Gasteiger partial charge >= 0.3 is 12.0 Å². The van der Waals surface area contributed by atoms with Crippen molar-refractivity contribution in [1.29, 1.82) is 0 Å². The standard InChI is InChI=1S/C17H24N2O5/c1-3-23-14-8-12-7-11(2)24-15(12)9-13(14)10-19-17(22)18-6-4-5-16(20)21/h8-9,11H,3-7,10H2,1-2H3,(H,20,21)(H2,18,19,22). The van der Waals surface area contributed by atoms with Gasteiger partial charge in [-0.2, -0.15) is 0 Å². The van der Waals surface area contributed by atoms with E-state index in [9.17, 15) is 9.59 Å². The smallest absolute Gasteiger partial charge is 0.315 e. The van der Waals surface area contributed by atoms with Crippen LogP contribution < -0.4 is 20.1 Å². The number of hydrogen-bond acceptors (Lipinski definition) is 4. The molecule has 3 N–H and O–H groups in total. The number of hydrogen-bond donors (Lipinski definition) is 3. The summed E-state index contributed by atoms with van der Waals surface area (Å²) in [6.07, 6.45) is 1.44. The van der Waals surface area contributed by atoms with Crippen LogP contribution in [0.15, 0.2) is 12.1 Å². The number of ether oxygens (including phenoxy) is 2. The molecule has 0 fully saturated rings. The Morgan fingerprint density at radius 3 is 2.88 bits per heavy atom. The molecule has 0 aliphatic carbocycles. The van der Waals surface area contributed by atoms with Crippen LogP contribution in [0.3, 0.4) is 0 Å². The molecule has 0 aromatic heterocycles. The van der Waals surface area contributed by atoms with E-state index < -0.39 is 5.97 Å². The van der Waals surface area contributed by atoms with Gasteiger partial charge in [-0.15, -0.1) is 0 Å². The molecule has 2 rings (SSSR count). The summed E-state index contributed by atoms with van der Waals surface area (Å²) in [5.41, 5.74) is 1.97. The molecule has 1 atom stereocenters. The lowest BCUT2D eigenvalue weighted by atomic mass is 10.1. The molecule has 7 nitrogen and oxygen atoms in total. The maximum Gasteiger partial charge on any atom is 0.315 e. The van der Waals surface area contributed by atoms with Crippen molar-refractivity contribution in [2.45, 2.75) is 45.8 Å². The Labute approximate surface area is 141 Å². The Balaban J connectivity index is 1.90. The van der Waals surface area contributed by atoms with Gasteiger partial charge in [-0.3, -0.25) is 4.79 Å². The van der Waals surface area contributed by atoms with Gasteiger partial charge in [-0.25, -0.2) is 4.79 Å². The van der Waals surface area contributed by atoms with Crippen LogP contribution in [0.25, 0.3) is 0 Å². The monoisotopic (exact) mass is 336 g/mol. The number of amides is 2. The third-order valence-corrected chi connectivity index (χ3v) is 3.67. The van der Waals surface area contributed by atoms with Gasteiger partial charge in [0.05, 0.1) is 6.61 Å². The molecule has 24 heavy (non-hydrogen) atoms. The maximum atomic E-state index is 11.8. The van der Waals surface area contributed by atoms with E-state index in [0.717, 1.165) is 29.0 Å². The molecule has 1 aliphatic rings. The summed E-state index contributed by atoms with van der Waals surface area (Å²) in [7, 11) is 0. The topological polar surface area (TPSA) is 96.9 Å². The highest BCUT2D eigenvalue weighted by molar-refractivity contribution is 5.74. The van der Waals surface area contributed by atoms with E-state index in [0.29, 0.717) is 26.1 Å². The molecule has 0 saturated heterocycles. The second-order valence-corrected chi connectivity index (χ2v) is 5.74. The minimum Gasteiger partial charge on any atom is -0.494 e. The molecule has 0 saturated carbocycles. The number of carbonyl (C=O) groups excluding carboxylic acids is 1. The van der Waals surface area contributed by atoms with E-state index in [4.69, 9.17) is 14.6 Å². The van der Waals surface area contributed by atoms with Gasteiger partial charge < -0.3 is 25.2 Å². The lowest BCUT2D eigenvalue weighted by Crippen LogP contribution is -2.35. The Morgan fingerprint density at radius 2 is 2.17 bits per heavy atom. The quantitative estimate of drug-likeness (QED) is 0.632. The Kier molecular flexibility index (Phi) is 6.28. The van der Waals surface area contributed by atoms with Gasteiger partial charge in [0.1, 0.15) is 17.6 Å². The molecule has 0 bridgehead atoms. The Bertz CT molecular complexity index is 603. The molecule has 1 aromatic rings. The van der Waals surface area contributed by atoms with Crippen LogP contribution in [0, 0.1) is 0 Å². The van der Waals surface area contributed by atoms with Crippen molar-refractivity contribution in [1.82, 2.24) is 10.6 Å². The van der Waals surface area contributed by atoms with Crippen molar-refractivity contribution in [2.24, 2.45) is 0 Å². The average molecular weight is 336 g/mol. The summed E-state index contributed by atoms with van der Waals surface area (Å²) in [5, 5.41) is 13.9. The summed E-state index contributed by atoms with van der Waals surface area (Å²) in [4.78, 5) is 22.2. The number of fused-ring (bicyclic) bond motifs is 1. The predicted molar refractivity (Wildman–Crippen MR) is 88.5 cm³/mol. The first-order valence-corrected chi connectivity index (χ1v) is 8.18. The van der Waals surface area contributed by atoms with Gasteiger partial charge in [0.25, 0.3) is 0 Å². The fraction of sp³-hybridized carbons (Fsp3) is 0.529. The van der Waals surface area contributed by atoms with Gasteiger partial charge in [0.15, 0.2) is 0 Å². The van der Waals surface area contributed by atoms with Gasteiger partial charge in [-0.05, 0) is 32.4 Å². The van der Waals surface area contributed by atoms with E-state index in [-0.39, 0.29) is 18.6 Å². The highest BCUT2D eigenvalue weighted by atomic mass is 16.5. The molecular formula is C17H24N2O5. The lowest BCUT2D eigenvalue weighted by molar-refractivity contribution is -0.137. The number of nitrogens with one attached hydrogen (secondary N) is 2. The molecule has 0 radical (unpaired) electrons. The van der Waals surface area contributed by atoms with Crippen molar-refractivity contribution < 1.29 is 24.2 Å². The van der Waals surface area contributed by atoms with E-state index in [1.807, 2.05) is 26.0 Å². The number of carboxylic acid groups (broad SMARTS) is 1. The molecule has 1 aliphatic heterocycles. The van der Waals surface area contributed by atoms with Crippen molar-refractivity contribution >= 4 is 12.0 Å². The first kappa shape index (κ1) is 17.9. The number of aliphatic carboxylic acids is 1. The zero-order valence-electron chi connectivity index (χ0n) is 14.1. The van der Waals surface area contributed by atoms with E-state index in [1.54, 1.807) is 0 Å². The Morgan fingerprint density at radius 1 is 1.38 bits per heavy atom. The fourth-order valence-electron chi connectivity index (χ4n) is 2.59. The Hall–Kier alpha value is -2.44. The number of carbonyl (C=O) groups is 2. The lowest BCUT2D eigenvalue weighted by Gasteiger charge is -2.13. The van der Waals surface area contributed by atoms with Crippen LogP contribution in [-0.4, -0.2) is 36.4 Å². The third kappa shape index (κ3) is 5.04. The fourth-order valence-corrected chi connectivity index (χ4v) is 2.59. The predicted octanol–water partition coefficient (Wildman–Crippen LogP) is 2.07. The van der Waals surface area contributed by atoms with Gasteiger partial charge in [-0.1, -0.05) is 0 Å². The van der Waals surface area contributed by atoms with Crippen LogP contribution in [0.2, 0.25) is 0 Å². The van der Waals surface area contributed by atoms with Crippen LogP contribution in [0.5, 0.6) is 11.5 Å². The summed E-state index contributed by atoms with van der Waals surface area (Å²) >= 11 is 0. The molecule has 2 amide bonds. The molecular weight excluding hydrogens is 312 g/mol.